The number of nitrogens with zero attached hydrogens (tertiary/aromatic N) is 1. The maximum absolute atomic E-state index is 13.6. The molecule has 130 valence electrons. The Balaban J connectivity index is 0.00000288. The van der Waals surface area contributed by atoms with Crippen LogP contribution >= 0.6 is 24.0 Å². The minimum absolute atomic E-state index is 0. The highest BCUT2D eigenvalue weighted by Gasteiger charge is 2.03. The Labute approximate surface area is 159 Å². The van der Waals surface area contributed by atoms with Crippen molar-refractivity contribution in [3.05, 3.63) is 71.0 Å². The maximum atomic E-state index is 13.6. The molecule has 0 aliphatic rings. The zero-order valence-corrected chi connectivity index (χ0v) is 16.2. The lowest BCUT2D eigenvalue weighted by Gasteiger charge is -2.12. The van der Waals surface area contributed by atoms with Gasteiger partial charge in [-0.1, -0.05) is 42.5 Å². The van der Waals surface area contributed by atoms with E-state index in [-0.39, 0.29) is 29.8 Å². The minimum atomic E-state index is -0.218. The molecule has 0 unspecified atom stereocenters. The zero-order chi connectivity index (χ0) is 16.5. The van der Waals surface area contributed by atoms with Gasteiger partial charge < -0.3 is 15.4 Å². The fourth-order valence-electron chi connectivity index (χ4n) is 2.15. The molecule has 0 radical (unpaired) electrons. The third-order valence-electron chi connectivity index (χ3n) is 3.42. The largest absolute Gasteiger partial charge is 0.380 e. The van der Waals surface area contributed by atoms with Gasteiger partial charge in [-0.2, -0.15) is 0 Å². The first kappa shape index (κ1) is 20.4. The molecule has 24 heavy (non-hydrogen) atoms. The van der Waals surface area contributed by atoms with Crippen LogP contribution in [0.15, 0.2) is 53.5 Å². The molecular formula is C18H23FIN3O. The van der Waals surface area contributed by atoms with E-state index in [1.807, 2.05) is 30.3 Å². The summed E-state index contributed by atoms with van der Waals surface area (Å²) in [6, 6.07) is 14.9. The lowest BCUT2D eigenvalue weighted by Crippen LogP contribution is -2.36. The third kappa shape index (κ3) is 6.45. The average Bonchev–Trinajstić information content (AvgIpc) is 2.58. The van der Waals surface area contributed by atoms with Crippen molar-refractivity contribution in [3.63, 3.8) is 0 Å². The lowest BCUT2D eigenvalue weighted by molar-refractivity contribution is 0.185. The Morgan fingerprint density at radius 1 is 1.00 bits per heavy atom. The second-order valence-electron chi connectivity index (χ2n) is 5.12. The summed E-state index contributed by atoms with van der Waals surface area (Å²) in [5.74, 6) is 0.415. The first-order chi connectivity index (χ1) is 11.2. The number of aliphatic imine (C=N–C) groups is 1. The zero-order valence-electron chi connectivity index (χ0n) is 13.9. The first-order valence-corrected chi connectivity index (χ1v) is 7.47. The van der Waals surface area contributed by atoms with Gasteiger partial charge in [0.25, 0.3) is 0 Å². The summed E-state index contributed by atoms with van der Waals surface area (Å²) >= 11 is 0. The molecule has 2 rings (SSSR count). The molecule has 0 bridgehead atoms. The minimum Gasteiger partial charge on any atom is -0.380 e. The second-order valence-corrected chi connectivity index (χ2v) is 5.12. The van der Waals surface area contributed by atoms with Crippen LogP contribution in [0.5, 0.6) is 0 Å². The van der Waals surface area contributed by atoms with Crippen LogP contribution in [0.1, 0.15) is 16.7 Å². The van der Waals surface area contributed by atoms with Crippen molar-refractivity contribution < 1.29 is 9.13 Å². The molecule has 2 aromatic carbocycles. The molecule has 0 aromatic heterocycles. The van der Waals surface area contributed by atoms with Crippen LogP contribution in [0.25, 0.3) is 0 Å². The number of methoxy groups -OCH3 is 1. The van der Waals surface area contributed by atoms with Gasteiger partial charge in [0.1, 0.15) is 5.82 Å². The van der Waals surface area contributed by atoms with Gasteiger partial charge in [0.05, 0.1) is 6.61 Å². The normalized spacial score (nSPS) is 10.9. The Kier molecular flexibility index (Phi) is 9.33. The van der Waals surface area contributed by atoms with E-state index in [1.54, 1.807) is 26.3 Å². The first-order valence-electron chi connectivity index (χ1n) is 7.47. The summed E-state index contributed by atoms with van der Waals surface area (Å²) in [5, 5.41) is 6.32. The van der Waals surface area contributed by atoms with Gasteiger partial charge in [0.2, 0.25) is 0 Å². The highest BCUT2D eigenvalue weighted by atomic mass is 127. The molecule has 0 spiro atoms. The molecule has 4 nitrogen and oxygen atoms in total. The molecule has 0 aliphatic carbocycles. The molecule has 2 aromatic rings. The van der Waals surface area contributed by atoms with E-state index < -0.39 is 0 Å². The number of ether oxygens (including phenoxy) is 1. The molecule has 0 aliphatic heterocycles. The molecule has 0 saturated carbocycles. The summed E-state index contributed by atoms with van der Waals surface area (Å²) in [5.41, 5.74) is 2.89. The van der Waals surface area contributed by atoms with Crippen LogP contribution < -0.4 is 10.6 Å². The van der Waals surface area contributed by atoms with E-state index in [0.717, 1.165) is 11.1 Å². The summed E-state index contributed by atoms with van der Waals surface area (Å²) in [7, 11) is 3.37. The van der Waals surface area contributed by atoms with Gasteiger partial charge in [0, 0.05) is 32.8 Å². The predicted octanol–water partition coefficient (Wildman–Crippen LogP) is 3.46. The average molecular weight is 443 g/mol. The van der Waals surface area contributed by atoms with Crippen molar-refractivity contribution in [2.24, 2.45) is 4.99 Å². The maximum Gasteiger partial charge on any atom is 0.191 e. The lowest BCUT2D eigenvalue weighted by atomic mass is 10.1. The van der Waals surface area contributed by atoms with Crippen molar-refractivity contribution in [1.29, 1.82) is 0 Å². The number of guanidine groups is 1. The second kappa shape index (κ2) is 11.0. The molecule has 0 atom stereocenters. The van der Waals surface area contributed by atoms with E-state index in [4.69, 9.17) is 4.74 Å². The summed E-state index contributed by atoms with van der Waals surface area (Å²) < 4.78 is 18.7. The van der Waals surface area contributed by atoms with Crippen LogP contribution in [0, 0.1) is 5.82 Å². The van der Waals surface area contributed by atoms with Gasteiger partial charge in [-0.25, -0.2) is 4.39 Å². The van der Waals surface area contributed by atoms with Crippen LogP contribution in [-0.2, 0) is 24.4 Å². The predicted molar refractivity (Wildman–Crippen MR) is 106 cm³/mol. The van der Waals surface area contributed by atoms with Gasteiger partial charge in [-0.05, 0) is 17.2 Å². The van der Waals surface area contributed by atoms with Crippen LogP contribution in [0.2, 0.25) is 0 Å². The fourth-order valence-corrected chi connectivity index (χ4v) is 2.15. The Hall–Kier alpha value is -1.67. The Morgan fingerprint density at radius 2 is 1.62 bits per heavy atom. The quantitative estimate of drug-likeness (QED) is 0.409. The monoisotopic (exact) mass is 443 g/mol. The SMILES string of the molecule is CN=C(NCc1ccc(COC)cc1)NCc1ccccc1F.I. The third-order valence-corrected chi connectivity index (χ3v) is 3.42. The van der Waals surface area contributed by atoms with Crippen LogP contribution in [-0.4, -0.2) is 20.1 Å². The van der Waals surface area contributed by atoms with E-state index in [1.165, 1.54) is 6.07 Å². The smallest absolute Gasteiger partial charge is 0.191 e. The standard InChI is InChI=1S/C18H22FN3O.HI/c1-20-18(22-12-16-5-3-4-6-17(16)19)21-11-14-7-9-15(10-8-14)13-23-2;/h3-10H,11-13H2,1-2H3,(H2,20,21,22);1H. The van der Waals surface area contributed by atoms with Crippen LogP contribution in [0.4, 0.5) is 4.39 Å². The molecule has 0 saturated heterocycles. The van der Waals surface area contributed by atoms with Crippen molar-refractivity contribution >= 4 is 29.9 Å². The fraction of sp³-hybridized carbons (Fsp3) is 0.278. The molecule has 0 fully saturated rings. The number of hydrogen-bond acceptors (Lipinski definition) is 2. The highest BCUT2D eigenvalue weighted by molar-refractivity contribution is 14.0. The molecule has 0 amide bonds. The van der Waals surface area contributed by atoms with Gasteiger partial charge in [-0.15, -0.1) is 24.0 Å². The number of hydrogen-bond donors (Lipinski definition) is 2. The Morgan fingerprint density at radius 3 is 2.25 bits per heavy atom. The Bertz CT molecular complexity index is 647. The van der Waals surface area contributed by atoms with Gasteiger partial charge in [-0.3, -0.25) is 4.99 Å². The van der Waals surface area contributed by atoms with E-state index in [0.29, 0.717) is 31.2 Å². The van der Waals surface area contributed by atoms with Gasteiger partial charge >= 0.3 is 0 Å². The number of halogens is 2. The van der Waals surface area contributed by atoms with Crippen LogP contribution in [0.3, 0.4) is 0 Å². The summed E-state index contributed by atoms with van der Waals surface area (Å²) in [4.78, 5) is 4.15. The van der Waals surface area contributed by atoms with Gasteiger partial charge in [0.15, 0.2) is 5.96 Å². The summed E-state index contributed by atoms with van der Waals surface area (Å²) in [6.07, 6.45) is 0. The molecule has 0 heterocycles. The van der Waals surface area contributed by atoms with Crippen molar-refractivity contribution in [2.75, 3.05) is 14.2 Å². The van der Waals surface area contributed by atoms with E-state index in [2.05, 4.69) is 15.6 Å². The summed E-state index contributed by atoms with van der Waals surface area (Å²) in [6.45, 7) is 1.64. The van der Waals surface area contributed by atoms with Crippen molar-refractivity contribution in [2.45, 2.75) is 19.7 Å². The molecular weight excluding hydrogens is 420 g/mol. The van der Waals surface area contributed by atoms with E-state index >= 15 is 0 Å². The van der Waals surface area contributed by atoms with E-state index in [9.17, 15) is 4.39 Å². The van der Waals surface area contributed by atoms with Crippen molar-refractivity contribution in [3.8, 4) is 0 Å². The number of nitrogens with one attached hydrogen (secondary N) is 2. The molecule has 6 heteroatoms. The molecule has 2 N–H and O–H groups in total. The topological polar surface area (TPSA) is 45.7 Å². The van der Waals surface area contributed by atoms with Crippen molar-refractivity contribution in [1.82, 2.24) is 10.6 Å². The highest BCUT2D eigenvalue weighted by Crippen LogP contribution is 2.06. The number of rotatable bonds is 6. The number of benzene rings is 2.